The highest BCUT2D eigenvalue weighted by molar-refractivity contribution is 5.50. The Morgan fingerprint density at radius 3 is 2.50 bits per heavy atom. The lowest BCUT2D eigenvalue weighted by molar-refractivity contribution is 0.628. The van der Waals surface area contributed by atoms with Crippen molar-refractivity contribution >= 4 is 5.82 Å². The van der Waals surface area contributed by atoms with Crippen LogP contribution in [0.2, 0.25) is 0 Å². The number of hydrogen-bond donors (Lipinski definition) is 3. The summed E-state index contributed by atoms with van der Waals surface area (Å²) in [5.41, 5.74) is 12.8. The van der Waals surface area contributed by atoms with Gasteiger partial charge in [0.15, 0.2) is 0 Å². The maximum absolute atomic E-state index is 5.96. The molecular weight excluding hydrogens is 226 g/mol. The molecule has 0 aromatic carbocycles. The van der Waals surface area contributed by atoms with Crippen LogP contribution in [0, 0.1) is 13.8 Å². The number of nitrogen functional groups attached to an aromatic ring is 1. The van der Waals surface area contributed by atoms with Gasteiger partial charge in [0, 0.05) is 24.2 Å². The van der Waals surface area contributed by atoms with Crippen LogP contribution in [0.1, 0.15) is 28.3 Å². The van der Waals surface area contributed by atoms with E-state index >= 15 is 0 Å². The summed E-state index contributed by atoms with van der Waals surface area (Å²) in [4.78, 5) is 8.27. The maximum Gasteiger partial charge on any atom is 0.128 e. The fourth-order valence-corrected chi connectivity index (χ4v) is 2.07. The first-order chi connectivity index (χ1) is 8.65. The Balaban J connectivity index is 2.56. The van der Waals surface area contributed by atoms with Gasteiger partial charge >= 0.3 is 0 Å². The van der Waals surface area contributed by atoms with Gasteiger partial charge in [0.1, 0.15) is 5.82 Å². The number of pyridine rings is 2. The molecule has 1 atom stereocenters. The van der Waals surface area contributed by atoms with Crippen molar-refractivity contribution in [3.63, 3.8) is 0 Å². The molecule has 0 saturated heterocycles. The molecule has 0 spiro atoms. The van der Waals surface area contributed by atoms with E-state index in [2.05, 4.69) is 15.4 Å². The molecule has 0 aliphatic rings. The zero-order valence-corrected chi connectivity index (χ0v) is 10.5. The molecule has 0 radical (unpaired) electrons. The van der Waals surface area contributed by atoms with Gasteiger partial charge in [0.2, 0.25) is 0 Å². The molecule has 18 heavy (non-hydrogen) atoms. The molecule has 0 saturated carbocycles. The molecule has 1 unspecified atom stereocenters. The van der Waals surface area contributed by atoms with E-state index in [1.165, 1.54) is 0 Å². The second-order valence-electron chi connectivity index (χ2n) is 4.26. The van der Waals surface area contributed by atoms with E-state index < -0.39 is 0 Å². The first kappa shape index (κ1) is 12.5. The summed E-state index contributed by atoms with van der Waals surface area (Å²) >= 11 is 0. The summed E-state index contributed by atoms with van der Waals surface area (Å²) in [5, 5.41) is 0. The summed E-state index contributed by atoms with van der Waals surface area (Å²) in [6, 6.07) is 3.66. The fourth-order valence-electron chi connectivity index (χ4n) is 2.07. The minimum atomic E-state index is -0.201. The van der Waals surface area contributed by atoms with Gasteiger partial charge in [-0.2, -0.15) is 0 Å². The summed E-state index contributed by atoms with van der Waals surface area (Å²) in [7, 11) is 0. The van der Waals surface area contributed by atoms with Crippen LogP contribution in [0.5, 0.6) is 0 Å². The van der Waals surface area contributed by atoms with Crippen LogP contribution in [0.4, 0.5) is 5.82 Å². The molecule has 0 aliphatic heterocycles. The lowest BCUT2D eigenvalue weighted by Gasteiger charge is -2.21. The molecule has 2 aromatic rings. The van der Waals surface area contributed by atoms with Gasteiger partial charge in [-0.3, -0.25) is 10.8 Å². The second-order valence-corrected chi connectivity index (χ2v) is 4.26. The van der Waals surface area contributed by atoms with Crippen LogP contribution in [0.25, 0.3) is 0 Å². The number of aromatic nitrogens is 2. The third kappa shape index (κ3) is 2.18. The molecule has 0 fully saturated rings. The first-order valence-corrected chi connectivity index (χ1v) is 5.72. The summed E-state index contributed by atoms with van der Waals surface area (Å²) in [6.07, 6.45) is 5.25. The second kappa shape index (κ2) is 5.12. The van der Waals surface area contributed by atoms with Crippen molar-refractivity contribution in [3.05, 3.63) is 53.0 Å². The van der Waals surface area contributed by atoms with Crippen LogP contribution in [0.15, 0.2) is 30.7 Å². The van der Waals surface area contributed by atoms with E-state index in [0.29, 0.717) is 5.82 Å². The number of aryl methyl sites for hydroxylation is 2. The maximum atomic E-state index is 5.96. The molecule has 2 aromatic heterocycles. The van der Waals surface area contributed by atoms with Crippen molar-refractivity contribution in [1.29, 1.82) is 0 Å². The van der Waals surface area contributed by atoms with E-state index in [1.54, 1.807) is 18.6 Å². The summed E-state index contributed by atoms with van der Waals surface area (Å²) < 4.78 is 0. The average molecular weight is 243 g/mol. The molecule has 94 valence electrons. The standard InChI is InChI=1S/C13H17N5/c1-8-3-5-16-7-10(8)12(18-15)11-9(2)4-6-17-13(11)14/h3-7,12,18H,15H2,1-2H3,(H2,14,17). The monoisotopic (exact) mass is 243 g/mol. The molecule has 0 bridgehead atoms. The number of nitrogens with two attached hydrogens (primary N) is 2. The normalized spacial score (nSPS) is 12.4. The van der Waals surface area contributed by atoms with E-state index in [1.807, 2.05) is 26.0 Å². The lowest BCUT2D eigenvalue weighted by Crippen LogP contribution is -2.31. The van der Waals surface area contributed by atoms with E-state index in [9.17, 15) is 0 Å². The Morgan fingerprint density at radius 2 is 1.89 bits per heavy atom. The summed E-state index contributed by atoms with van der Waals surface area (Å²) in [5.74, 6) is 6.17. The van der Waals surface area contributed by atoms with Gasteiger partial charge in [-0.1, -0.05) is 0 Å². The topological polar surface area (TPSA) is 89.8 Å². The van der Waals surface area contributed by atoms with Gasteiger partial charge in [-0.15, -0.1) is 0 Å². The molecule has 5 N–H and O–H groups in total. The zero-order chi connectivity index (χ0) is 13.1. The van der Waals surface area contributed by atoms with Gasteiger partial charge < -0.3 is 5.73 Å². The van der Waals surface area contributed by atoms with Gasteiger partial charge in [0.25, 0.3) is 0 Å². The summed E-state index contributed by atoms with van der Waals surface area (Å²) in [6.45, 7) is 4.01. The number of nitrogens with zero attached hydrogens (tertiary/aromatic N) is 2. The Labute approximate surface area is 106 Å². The number of rotatable bonds is 3. The number of nitrogens with one attached hydrogen (secondary N) is 1. The van der Waals surface area contributed by atoms with Gasteiger partial charge in [0.05, 0.1) is 6.04 Å². The van der Waals surface area contributed by atoms with Gasteiger partial charge in [-0.25, -0.2) is 10.4 Å². The largest absolute Gasteiger partial charge is 0.383 e. The molecule has 5 heteroatoms. The van der Waals surface area contributed by atoms with Crippen molar-refractivity contribution in [2.24, 2.45) is 5.84 Å². The van der Waals surface area contributed by atoms with Crippen LogP contribution in [0.3, 0.4) is 0 Å². The highest BCUT2D eigenvalue weighted by Crippen LogP contribution is 2.28. The first-order valence-electron chi connectivity index (χ1n) is 5.72. The molecule has 0 amide bonds. The van der Waals surface area contributed by atoms with Crippen molar-refractivity contribution in [3.8, 4) is 0 Å². The van der Waals surface area contributed by atoms with Crippen molar-refractivity contribution in [2.45, 2.75) is 19.9 Å². The number of hydrogen-bond acceptors (Lipinski definition) is 5. The lowest BCUT2D eigenvalue weighted by atomic mass is 9.94. The quantitative estimate of drug-likeness (QED) is 0.557. The number of anilines is 1. The third-order valence-electron chi connectivity index (χ3n) is 3.08. The van der Waals surface area contributed by atoms with Crippen LogP contribution in [-0.4, -0.2) is 9.97 Å². The Kier molecular flexibility index (Phi) is 3.55. The minimum Gasteiger partial charge on any atom is -0.383 e. The van der Waals surface area contributed by atoms with Gasteiger partial charge in [-0.05, 0) is 42.7 Å². The Bertz CT molecular complexity index is 533. The molecule has 2 rings (SSSR count). The van der Waals surface area contributed by atoms with Crippen LogP contribution >= 0.6 is 0 Å². The highest BCUT2D eigenvalue weighted by Gasteiger charge is 2.19. The predicted molar refractivity (Wildman–Crippen MR) is 71.5 cm³/mol. The average Bonchev–Trinajstić information content (AvgIpc) is 2.35. The molecule has 2 heterocycles. The minimum absolute atomic E-state index is 0.201. The van der Waals surface area contributed by atoms with Crippen molar-refractivity contribution in [1.82, 2.24) is 15.4 Å². The van der Waals surface area contributed by atoms with E-state index in [0.717, 1.165) is 22.3 Å². The third-order valence-corrected chi connectivity index (χ3v) is 3.08. The number of hydrazine groups is 1. The van der Waals surface area contributed by atoms with Crippen molar-refractivity contribution in [2.75, 3.05) is 5.73 Å². The van der Waals surface area contributed by atoms with E-state index in [4.69, 9.17) is 11.6 Å². The van der Waals surface area contributed by atoms with Crippen LogP contribution in [-0.2, 0) is 0 Å². The van der Waals surface area contributed by atoms with Crippen molar-refractivity contribution < 1.29 is 0 Å². The van der Waals surface area contributed by atoms with E-state index in [-0.39, 0.29) is 6.04 Å². The smallest absolute Gasteiger partial charge is 0.128 e. The highest BCUT2D eigenvalue weighted by atomic mass is 15.2. The molecule has 0 aliphatic carbocycles. The zero-order valence-electron chi connectivity index (χ0n) is 10.5. The molecule has 5 nitrogen and oxygen atoms in total. The predicted octanol–water partition coefficient (Wildman–Crippen LogP) is 1.23. The molecular formula is C13H17N5. The Morgan fingerprint density at radius 1 is 1.17 bits per heavy atom. The SMILES string of the molecule is Cc1ccncc1C(NN)c1c(C)ccnc1N. The van der Waals surface area contributed by atoms with Crippen LogP contribution < -0.4 is 17.0 Å². The fraction of sp³-hybridized carbons (Fsp3) is 0.231. The Hall–Kier alpha value is -1.98.